The van der Waals surface area contributed by atoms with Crippen molar-refractivity contribution in [3.05, 3.63) is 77.3 Å². The Morgan fingerprint density at radius 1 is 0.745 bits per heavy atom. The molecule has 4 aromatic heterocycles. The van der Waals surface area contributed by atoms with Crippen LogP contribution in [0.1, 0.15) is 62.1 Å². The average molecular weight is 825 g/mol. The highest BCUT2D eigenvalue weighted by Gasteiger charge is 2.58. The third kappa shape index (κ3) is 5.12. The standard InChI is InChI=1S/C37H32Br2N2O2S4/c1-4-5-6-7-8-9-18(2)41-34-32(28-15-20-11-26-22(13-24(20)45-28)17-30(39)47-26)36(42)40(3)33(34)31(35-37(41)43-35)27-14-19-10-25-21(12-23(19)44-27)16-29(38)46-25/h10-18,35,37H,4-9H2,1-3H3. The number of thiophene rings is 4. The van der Waals surface area contributed by atoms with Crippen LogP contribution in [0.25, 0.3) is 51.5 Å². The number of halogens is 2. The Bertz CT molecular complexity index is 2220. The largest absolute Gasteiger partial charge is 0.342 e. The van der Waals surface area contributed by atoms with Crippen molar-refractivity contribution in [1.29, 1.82) is 0 Å². The lowest BCUT2D eigenvalue weighted by Gasteiger charge is -2.36. The van der Waals surface area contributed by atoms with Gasteiger partial charge in [-0.15, -0.1) is 45.3 Å². The molecule has 0 bridgehead atoms. The molecule has 1 amide bonds. The van der Waals surface area contributed by atoms with Gasteiger partial charge in [0.25, 0.3) is 5.91 Å². The van der Waals surface area contributed by atoms with E-state index in [1.54, 1.807) is 34.0 Å². The van der Waals surface area contributed by atoms with E-state index in [0.29, 0.717) is 0 Å². The molecule has 0 saturated carbocycles. The van der Waals surface area contributed by atoms with E-state index in [2.05, 4.69) is 99.1 Å². The molecule has 10 heteroatoms. The van der Waals surface area contributed by atoms with Gasteiger partial charge in [-0.2, -0.15) is 0 Å². The molecular weight excluding hydrogens is 792 g/mol. The summed E-state index contributed by atoms with van der Waals surface area (Å²) >= 11 is 14.4. The first-order valence-corrected chi connectivity index (χ1v) is 21.1. The van der Waals surface area contributed by atoms with Gasteiger partial charge in [0.1, 0.15) is 6.10 Å². The zero-order valence-electron chi connectivity index (χ0n) is 26.2. The van der Waals surface area contributed by atoms with Gasteiger partial charge < -0.3 is 14.5 Å². The fourth-order valence-electron chi connectivity index (χ4n) is 7.46. The van der Waals surface area contributed by atoms with Crippen molar-refractivity contribution in [3.8, 4) is 0 Å². The van der Waals surface area contributed by atoms with Gasteiger partial charge in [-0.25, -0.2) is 0 Å². The Balaban J connectivity index is 1.20. The number of epoxide rings is 1. The van der Waals surface area contributed by atoms with E-state index in [0.717, 1.165) is 35.8 Å². The monoisotopic (exact) mass is 822 g/mol. The summed E-state index contributed by atoms with van der Waals surface area (Å²) in [6, 6.07) is 18.4. The minimum Gasteiger partial charge on any atom is -0.342 e. The summed E-state index contributed by atoms with van der Waals surface area (Å²) in [5, 5.41) is 4.93. The third-order valence-electron chi connectivity index (χ3n) is 9.82. The molecule has 6 aromatic rings. The van der Waals surface area contributed by atoms with Gasteiger partial charge in [0.2, 0.25) is 0 Å². The van der Waals surface area contributed by atoms with Crippen molar-refractivity contribution >= 4 is 135 Å². The minimum absolute atomic E-state index is 0.0399. The molecule has 0 spiro atoms. The number of carbonyl (C=O) groups is 1. The van der Waals surface area contributed by atoms with Crippen molar-refractivity contribution in [2.24, 2.45) is 0 Å². The van der Waals surface area contributed by atoms with E-state index < -0.39 is 0 Å². The number of hydrogen-bond acceptors (Lipinski definition) is 7. The number of rotatable bonds is 9. The number of likely N-dealkylation sites (N-methyl/N-ethyl adjacent to an activating group) is 1. The highest BCUT2D eigenvalue weighted by Crippen LogP contribution is 2.56. The van der Waals surface area contributed by atoms with Gasteiger partial charge in [0.15, 0.2) is 6.23 Å². The number of nitrogens with zero attached hydrogens (tertiary/aromatic N) is 2. The van der Waals surface area contributed by atoms with Crippen LogP contribution >= 0.6 is 77.2 Å². The zero-order valence-corrected chi connectivity index (χ0v) is 32.6. The fourth-order valence-corrected chi connectivity index (χ4v) is 12.9. The van der Waals surface area contributed by atoms with Crippen molar-refractivity contribution in [1.82, 2.24) is 9.80 Å². The number of unbranched alkanes of at least 4 members (excludes halogenated alkanes) is 4. The summed E-state index contributed by atoms with van der Waals surface area (Å²) in [4.78, 5) is 21.1. The Labute approximate surface area is 306 Å². The molecule has 4 nitrogen and oxygen atoms in total. The maximum Gasteiger partial charge on any atom is 0.261 e. The molecule has 3 atom stereocenters. The summed E-state index contributed by atoms with van der Waals surface area (Å²) in [7, 11) is 1.96. The average Bonchev–Trinajstić information content (AvgIpc) is 3.37. The van der Waals surface area contributed by atoms with Gasteiger partial charge >= 0.3 is 0 Å². The van der Waals surface area contributed by atoms with Crippen molar-refractivity contribution in [2.75, 3.05) is 7.05 Å². The highest BCUT2D eigenvalue weighted by molar-refractivity contribution is 9.11. The Kier molecular flexibility index (Phi) is 7.76. The maximum absolute atomic E-state index is 14.5. The molecule has 1 fully saturated rings. The molecule has 47 heavy (non-hydrogen) atoms. The summed E-state index contributed by atoms with van der Waals surface area (Å²) in [5.41, 5.74) is 4.08. The number of ether oxygens (including phenoxy) is 1. The molecule has 2 aromatic carbocycles. The number of amides is 1. The summed E-state index contributed by atoms with van der Waals surface area (Å²) in [6.07, 6.45) is 7.26. The lowest BCUT2D eigenvalue weighted by Crippen LogP contribution is -2.40. The Morgan fingerprint density at radius 2 is 1.30 bits per heavy atom. The molecule has 240 valence electrons. The van der Waals surface area contributed by atoms with Gasteiger partial charge in [0, 0.05) is 47.2 Å². The van der Waals surface area contributed by atoms with Crippen molar-refractivity contribution in [3.63, 3.8) is 0 Å². The lowest BCUT2D eigenvalue weighted by molar-refractivity contribution is -0.121. The molecule has 0 N–H and O–H groups in total. The number of hydrogen-bond donors (Lipinski definition) is 0. The predicted molar refractivity (Wildman–Crippen MR) is 210 cm³/mol. The zero-order chi connectivity index (χ0) is 32.1. The van der Waals surface area contributed by atoms with E-state index in [1.165, 1.54) is 82.9 Å². The molecule has 1 saturated heterocycles. The van der Waals surface area contributed by atoms with Gasteiger partial charge in [-0.3, -0.25) is 4.79 Å². The number of carbonyl (C=O) groups excluding carboxylic acids is 1. The van der Waals surface area contributed by atoms with Crippen LogP contribution < -0.4 is 0 Å². The summed E-state index contributed by atoms with van der Waals surface area (Å²) in [6.45, 7) is 4.60. The smallest absolute Gasteiger partial charge is 0.261 e. The summed E-state index contributed by atoms with van der Waals surface area (Å²) < 4.78 is 13.9. The minimum atomic E-state index is -0.0505. The normalized spacial score (nSPS) is 20.1. The van der Waals surface area contributed by atoms with E-state index in [1.807, 2.05) is 23.3 Å². The first-order chi connectivity index (χ1) is 22.8. The van der Waals surface area contributed by atoms with Crippen LogP contribution in [0, 0.1) is 0 Å². The lowest BCUT2D eigenvalue weighted by atomic mass is 9.96. The highest BCUT2D eigenvalue weighted by atomic mass is 79.9. The van der Waals surface area contributed by atoms with Crippen LogP contribution in [-0.4, -0.2) is 41.1 Å². The first-order valence-electron chi connectivity index (χ1n) is 16.3. The molecule has 7 heterocycles. The Hall–Kier alpha value is -2.05. The molecule has 3 aliphatic rings. The van der Waals surface area contributed by atoms with E-state index >= 15 is 0 Å². The van der Waals surface area contributed by atoms with Gasteiger partial charge in [-0.1, -0.05) is 39.0 Å². The first kappa shape index (κ1) is 31.0. The second-order valence-corrected chi connectivity index (χ2v) is 20.0. The second kappa shape index (κ2) is 11.8. The molecule has 9 rings (SSSR count). The van der Waals surface area contributed by atoms with Crippen LogP contribution in [0.5, 0.6) is 0 Å². The molecule has 0 aliphatic carbocycles. The number of fused-ring (bicyclic) bond motifs is 6. The third-order valence-corrected chi connectivity index (χ3v) is 15.3. The topological polar surface area (TPSA) is 36.1 Å². The van der Waals surface area contributed by atoms with Crippen molar-refractivity contribution < 1.29 is 9.53 Å². The van der Waals surface area contributed by atoms with Crippen LogP contribution in [0.15, 0.2) is 67.5 Å². The van der Waals surface area contributed by atoms with E-state index in [4.69, 9.17) is 4.74 Å². The van der Waals surface area contributed by atoms with Gasteiger partial charge in [0.05, 0.1) is 24.5 Å². The van der Waals surface area contributed by atoms with Crippen LogP contribution in [0.3, 0.4) is 0 Å². The van der Waals surface area contributed by atoms with Crippen molar-refractivity contribution in [2.45, 2.75) is 70.7 Å². The number of benzene rings is 2. The maximum atomic E-state index is 14.5. The quantitative estimate of drug-likeness (QED) is 0.108. The Morgan fingerprint density at radius 3 is 1.94 bits per heavy atom. The van der Waals surface area contributed by atoms with Gasteiger partial charge in [-0.05, 0) is 115 Å². The van der Waals surface area contributed by atoms with Crippen LogP contribution in [0.4, 0.5) is 0 Å². The summed E-state index contributed by atoms with van der Waals surface area (Å²) in [5.74, 6) is 0.0801. The van der Waals surface area contributed by atoms with E-state index in [9.17, 15) is 4.79 Å². The fraction of sp³-hybridized carbons (Fsp3) is 0.324. The van der Waals surface area contributed by atoms with Crippen LogP contribution in [0.2, 0.25) is 0 Å². The van der Waals surface area contributed by atoms with E-state index in [-0.39, 0.29) is 24.3 Å². The SMILES string of the molecule is CCCCCCCC(C)N1C2=C(c3cc4cc5sc(Br)cc5cc4s3)C(=O)N(C)C2=C(c2cc3cc4sc(Br)cc4cc3s2)C2OC21. The molecule has 3 aliphatic heterocycles. The predicted octanol–water partition coefficient (Wildman–Crippen LogP) is 12.5. The molecular formula is C37H32Br2N2O2S4. The molecule has 3 unspecified atom stereocenters. The molecule has 0 radical (unpaired) electrons. The second-order valence-electron chi connectivity index (χ2n) is 12.9. The van der Waals surface area contributed by atoms with Crippen LogP contribution in [-0.2, 0) is 9.53 Å².